The smallest absolute Gasteiger partial charge is 0.414 e. The van der Waals surface area contributed by atoms with Gasteiger partial charge in [0, 0.05) is 12.8 Å². The first-order valence-corrected chi connectivity index (χ1v) is 16.0. The van der Waals surface area contributed by atoms with Crippen molar-refractivity contribution in [1.29, 1.82) is 5.26 Å². The molecule has 2 heterocycles. The molecular formula is C32H42N4O3Si. The third-order valence-electron chi connectivity index (χ3n) is 7.17. The van der Waals surface area contributed by atoms with Gasteiger partial charge in [0.1, 0.15) is 11.6 Å². The number of carbonyl (C=O) groups excluding carboxylic acids is 1. The van der Waals surface area contributed by atoms with Gasteiger partial charge < -0.3 is 9.16 Å². The highest BCUT2D eigenvalue weighted by molar-refractivity contribution is 6.99. The van der Waals surface area contributed by atoms with Gasteiger partial charge in [0.05, 0.1) is 24.0 Å². The number of amides is 1. The summed E-state index contributed by atoms with van der Waals surface area (Å²) < 4.78 is 12.7. The van der Waals surface area contributed by atoms with Crippen molar-refractivity contribution in [1.82, 2.24) is 15.3 Å². The molecule has 0 radical (unpaired) electrons. The van der Waals surface area contributed by atoms with Crippen LogP contribution in [0.5, 0.6) is 0 Å². The number of unbranched alkanes of at least 4 members (excludes halogenated alkanes) is 1. The zero-order chi connectivity index (χ0) is 29.0. The zero-order valence-corrected chi connectivity index (χ0v) is 25.6. The van der Waals surface area contributed by atoms with E-state index in [1.54, 1.807) is 4.90 Å². The Morgan fingerprint density at radius 3 is 2.12 bits per heavy atom. The van der Waals surface area contributed by atoms with Crippen LogP contribution in [0, 0.1) is 11.3 Å². The quantitative estimate of drug-likeness (QED) is 0.344. The van der Waals surface area contributed by atoms with Crippen LogP contribution in [0.25, 0.3) is 0 Å². The predicted molar refractivity (Wildman–Crippen MR) is 161 cm³/mol. The number of hydrazine groups is 1. The van der Waals surface area contributed by atoms with Crippen molar-refractivity contribution >= 4 is 24.8 Å². The minimum absolute atomic E-state index is 0.0685. The fraction of sp³-hybridized carbons (Fsp3) is 0.438. The number of hydrogen-bond donors (Lipinski definition) is 1. The first-order chi connectivity index (χ1) is 18.9. The van der Waals surface area contributed by atoms with Crippen LogP contribution in [0.15, 0.2) is 84.3 Å². The molecule has 0 aromatic heterocycles. The van der Waals surface area contributed by atoms with Gasteiger partial charge in [-0.05, 0) is 61.5 Å². The SMILES string of the molecule is CC(C)(C)OC(=O)N1C=C(CCCCO[Si](c2ccccc2)(c2ccccc2)C(C)(C)C)N2NC(C#N)C=C2C1. The summed E-state index contributed by atoms with van der Waals surface area (Å²) in [6.07, 6.45) is 5.79. The van der Waals surface area contributed by atoms with E-state index in [-0.39, 0.29) is 11.1 Å². The largest absolute Gasteiger partial charge is 0.443 e. The Labute approximate surface area is 240 Å². The number of fused-ring (bicyclic) bond motifs is 1. The van der Waals surface area contributed by atoms with E-state index >= 15 is 0 Å². The van der Waals surface area contributed by atoms with Crippen molar-refractivity contribution in [2.24, 2.45) is 0 Å². The molecule has 1 N–H and O–H groups in total. The van der Waals surface area contributed by atoms with Gasteiger partial charge in [-0.15, -0.1) is 0 Å². The highest BCUT2D eigenvalue weighted by Gasteiger charge is 2.50. The van der Waals surface area contributed by atoms with E-state index in [1.165, 1.54) is 10.4 Å². The molecule has 8 heteroatoms. The molecule has 1 atom stereocenters. The Morgan fingerprint density at radius 2 is 1.60 bits per heavy atom. The first-order valence-electron chi connectivity index (χ1n) is 14.1. The number of rotatable bonds is 8. The third kappa shape index (κ3) is 6.49. The normalized spacial score (nSPS) is 17.6. The van der Waals surface area contributed by atoms with E-state index in [0.29, 0.717) is 13.2 Å². The number of nitrogens with zero attached hydrogens (tertiary/aromatic N) is 3. The third-order valence-corrected chi connectivity index (χ3v) is 12.2. The van der Waals surface area contributed by atoms with Crippen LogP contribution in [0.3, 0.4) is 0 Å². The molecule has 7 nitrogen and oxygen atoms in total. The first kappa shape index (κ1) is 29.6. The van der Waals surface area contributed by atoms with Gasteiger partial charge in [-0.25, -0.2) is 10.2 Å². The fourth-order valence-electron chi connectivity index (χ4n) is 5.45. The van der Waals surface area contributed by atoms with E-state index in [2.05, 4.69) is 92.9 Å². The Bertz CT molecular complexity index is 1230. The number of hydrogen-bond acceptors (Lipinski definition) is 6. The number of nitrogens with one attached hydrogen (secondary N) is 1. The summed E-state index contributed by atoms with van der Waals surface area (Å²) in [5.74, 6) is 0. The van der Waals surface area contributed by atoms with Gasteiger partial charge >= 0.3 is 6.09 Å². The standard InChI is InChI=1S/C32H42N4O3Si/c1-31(2,3)39-30(37)35-23-26(36-27(24-35)21-25(22-33)34-36)15-13-14-20-38-40(32(4,5)6,28-16-9-7-10-17-28)29-18-11-8-12-19-29/h7-12,16-19,21,23,25,34H,13-15,20,24H2,1-6H3. The average molecular weight is 559 g/mol. The van der Waals surface area contributed by atoms with Crippen LogP contribution >= 0.6 is 0 Å². The Balaban J connectivity index is 1.49. The number of allylic oxidation sites excluding steroid dienone is 1. The second kappa shape index (κ2) is 12.0. The number of benzene rings is 2. The van der Waals surface area contributed by atoms with E-state index < -0.39 is 20.0 Å². The monoisotopic (exact) mass is 558 g/mol. The molecule has 2 aliphatic rings. The molecule has 0 fully saturated rings. The minimum atomic E-state index is -2.58. The molecule has 0 spiro atoms. The molecule has 212 valence electrons. The van der Waals surface area contributed by atoms with E-state index in [0.717, 1.165) is 30.7 Å². The molecule has 2 aliphatic heterocycles. The minimum Gasteiger partial charge on any atom is -0.443 e. The van der Waals surface area contributed by atoms with Crippen LogP contribution in [0.2, 0.25) is 5.04 Å². The summed E-state index contributed by atoms with van der Waals surface area (Å²) in [6.45, 7) is 13.4. The Kier molecular flexibility index (Phi) is 8.89. The summed E-state index contributed by atoms with van der Waals surface area (Å²) in [4.78, 5) is 14.5. The number of carbonyl (C=O) groups is 1. The highest BCUT2D eigenvalue weighted by atomic mass is 28.4. The molecule has 0 aliphatic carbocycles. The summed E-state index contributed by atoms with van der Waals surface area (Å²) in [5.41, 5.74) is 4.48. The summed E-state index contributed by atoms with van der Waals surface area (Å²) >= 11 is 0. The zero-order valence-electron chi connectivity index (χ0n) is 24.6. The van der Waals surface area contributed by atoms with E-state index in [4.69, 9.17) is 9.16 Å². The lowest BCUT2D eigenvalue weighted by Gasteiger charge is -2.43. The molecule has 1 unspecified atom stereocenters. The van der Waals surface area contributed by atoms with Gasteiger partial charge in [0.25, 0.3) is 8.32 Å². The highest BCUT2D eigenvalue weighted by Crippen LogP contribution is 2.37. The summed E-state index contributed by atoms with van der Waals surface area (Å²) in [6, 6.07) is 23.2. The Morgan fingerprint density at radius 1 is 1.00 bits per heavy atom. The van der Waals surface area contributed by atoms with Gasteiger partial charge in [0.2, 0.25) is 0 Å². The van der Waals surface area contributed by atoms with E-state index in [1.807, 2.05) is 38.1 Å². The topological polar surface area (TPSA) is 77.8 Å². The maximum atomic E-state index is 12.9. The van der Waals surface area contributed by atoms with Crippen molar-refractivity contribution in [3.05, 3.63) is 84.3 Å². The lowest BCUT2D eigenvalue weighted by atomic mass is 10.1. The summed E-state index contributed by atoms with van der Waals surface area (Å²) in [5, 5.41) is 13.9. The van der Waals surface area contributed by atoms with Crippen LogP contribution in [-0.2, 0) is 9.16 Å². The van der Waals surface area contributed by atoms with Crippen molar-refractivity contribution in [2.45, 2.75) is 77.5 Å². The average Bonchev–Trinajstić information content (AvgIpc) is 3.34. The molecule has 2 aromatic carbocycles. The predicted octanol–water partition coefficient (Wildman–Crippen LogP) is 5.42. The van der Waals surface area contributed by atoms with E-state index in [9.17, 15) is 10.1 Å². The molecular weight excluding hydrogens is 516 g/mol. The lowest BCUT2D eigenvalue weighted by Crippen LogP contribution is -2.66. The lowest BCUT2D eigenvalue weighted by molar-refractivity contribution is 0.0318. The van der Waals surface area contributed by atoms with Crippen molar-refractivity contribution < 1.29 is 14.0 Å². The molecule has 4 rings (SSSR count). The van der Waals surface area contributed by atoms with Crippen LogP contribution in [-0.4, -0.2) is 49.1 Å². The summed E-state index contributed by atoms with van der Waals surface area (Å²) in [7, 11) is -2.58. The number of ether oxygens (including phenoxy) is 1. The van der Waals surface area contributed by atoms with Crippen LogP contribution in [0.4, 0.5) is 4.79 Å². The molecule has 0 saturated heterocycles. The van der Waals surface area contributed by atoms with Gasteiger partial charge in [0.15, 0.2) is 0 Å². The van der Waals surface area contributed by atoms with Crippen molar-refractivity contribution in [2.75, 3.05) is 13.2 Å². The Hall–Kier alpha value is -3.38. The second-order valence-electron chi connectivity index (χ2n) is 12.4. The number of nitriles is 1. The molecule has 0 saturated carbocycles. The van der Waals surface area contributed by atoms with Gasteiger partial charge in [-0.1, -0.05) is 81.4 Å². The maximum Gasteiger partial charge on any atom is 0.414 e. The van der Waals surface area contributed by atoms with Crippen LogP contribution < -0.4 is 15.8 Å². The molecule has 0 bridgehead atoms. The van der Waals surface area contributed by atoms with Gasteiger partial charge in [-0.2, -0.15) is 5.26 Å². The molecule has 2 aromatic rings. The fourth-order valence-corrected chi connectivity index (χ4v) is 10.1. The second-order valence-corrected chi connectivity index (χ2v) is 16.7. The van der Waals surface area contributed by atoms with Gasteiger partial charge in [-0.3, -0.25) is 9.91 Å². The van der Waals surface area contributed by atoms with Crippen LogP contribution in [0.1, 0.15) is 60.8 Å². The molecule has 1 amide bonds. The van der Waals surface area contributed by atoms with Crippen molar-refractivity contribution in [3.8, 4) is 6.07 Å². The maximum absolute atomic E-state index is 12.9. The molecule has 40 heavy (non-hydrogen) atoms. The van der Waals surface area contributed by atoms with Crippen molar-refractivity contribution in [3.63, 3.8) is 0 Å².